The number of likely N-dealkylation sites (tertiary alicyclic amines) is 1. The number of nitrogens with two attached hydrogens (primary N) is 1. The molecule has 1 aromatic carbocycles. The van der Waals surface area contributed by atoms with Crippen molar-refractivity contribution in [3.05, 3.63) is 60.1 Å². The van der Waals surface area contributed by atoms with Gasteiger partial charge in [-0.15, -0.1) is 0 Å². The highest BCUT2D eigenvalue weighted by Crippen LogP contribution is 2.25. The number of rotatable bonds is 4. The van der Waals surface area contributed by atoms with Crippen LogP contribution in [0.4, 0.5) is 5.69 Å². The Hall–Kier alpha value is -2.33. The van der Waals surface area contributed by atoms with Gasteiger partial charge in [0.25, 0.3) is 0 Å². The lowest BCUT2D eigenvalue weighted by molar-refractivity contribution is 0.234. The van der Waals surface area contributed by atoms with E-state index in [2.05, 4.69) is 51.6 Å². The lowest BCUT2D eigenvalue weighted by Crippen LogP contribution is -2.42. The molecular weight excluding hydrogens is 308 g/mol. The largest absolute Gasteiger partial charge is 0.402 e. The van der Waals surface area contributed by atoms with E-state index in [0.717, 1.165) is 31.6 Å². The molecule has 1 unspecified atom stereocenters. The highest BCUT2D eigenvalue weighted by atomic mass is 15.2. The zero-order valence-corrected chi connectivity index (χ0v) is 14.6. The van der Waals surface area contributed by atoms with E-state index >= 15 is 0 Å². The number of benzene rings is 1. The predicted molar refractivity (Wildman–Crippen MR) is 104 cm³/mol. The summed E-state index contributed by atoms with van der Waals surface area (Å²) in [5.74, 6) is 0. The van der Waals surface area contributed by atoms with Crippen LogP contribution in [0.1, 0.15) is 25.7 Å². The highest BCUT2D eigenvalue weighted by molar-refractivity contribution is 5.93. The number of allylic oxidation sites excluding steroid dienone is 2. The Labute approximate surface area is 149 Å². The Morgan fingerprint density at radius 1 is 1.28 bits per heavy atom. The molecule has 1 fully saturated rings. The summed E-state index contributed by atoms with van der Waals surface area (Å²) in [6, 6.07) is 8.98. The standard InChI is InChI=1S/C21H26N4/c22-18-6-1-4-16(12-18)14-25-11-3-7-19(15-25)24-21-8-2-5-17-13-23-10-9-20(17)21/h2,4-5,8-10,12-13,19,24H,1,3,6-7,11,14-15,22H2. The normalized spacial score (nSPS) is 21.7. The monoisotopic (exact) mass is 334 g/mol. The molecule has 0 amide bonds. The topological polar surface area (TPSA) is 54.2 Å². The van der Waals surface area contributed by atoms with E-state index in [1.165, 1.54) is 41.4 Å². The van der Waals surface area contributed by atoms with Gasteiger partial charge in [0.05, 0.1) is 0 Å². The summed E-state index contributed by atoms with van der Waals surface area (Å²) in [4.78, 5) is 6.78. The van der Waals surface area contributed by atoms with Crippen LogP contribution in [0.5, 0.6) is 0 Å². The quantitative estimate of drug-likeness (QED) is 0.896. The molecule has 1 saturated heterocycles. The van der Waals surface area contributed by atoms with Crippen LogP contribution in [0.15, 0.2) is 60.1 Å². The number of nitrogens with one attached hydrogen (secondary N) is 1. The molecule has 25 heavy (non-hydrogen) atoms. The molecule has 2 aliphatic rings. The molecule has 1 aliphatic heterocycles. The minimum absolute atomic E-state index is 0.484. The van der Waals surface area contributed by atoms with Gasteiger partial charge in [0, 0.05) is 53.7 Å². The highest BCUT2D eigenvalue weighted by Gasteiger charge is 2.21. The third-order valence-corrected chi connectivity index (χ3v) is 5.16. The minimum Gasteiger partial charge on any atom is -0.402 e. The molecule has 130 valence electrons. The maximum Gasteiger partial charge on any atom is 0.0423 e. The van der Waals surface area contributed by atoms with Gasteiger partial charge in [-0.2, -0.15) is 0 Å². The third kappa shape index (κ3) is 3.85. The van der Waals surface area contributed by atoms with E-state index in [0.29, 0.717) is 6.04 Å². The van der Waals surface area contributed by atoms with Crippen molar-refractivity contribution in [3.63, 3.8) is 0 Å². The fourth-order valence-corrected chi connectivity index (χ4v) is 3.95. The summed E-state index contributed by atoms with van der Waals surface area (Å²) in [6.45, 7) is 3.26. The van der Waals surface area contributed by atoms with Crippen molar-refractivity contribution < 1.29 is 0 Å². The number of piperidine rings is 1. The minimum atomic E-state index is 0.484. The first-order valence-corrected chi connectivity index (χ1v) is 9.25. The number of hydrogen-bond acceptors (Lipinski definition) is 4. The average molecular weight is 334 g/mol. The summed E-state index contributed by atoms with van der Waals surface area (Å²) in [5.41, 5.74) is 9.61. The molecule has 3 N–H and O–H groups in total. The zero-order valence-electron chi connectivity index (χ0n) is 14.6. The van der Waals surface area contributed by atoms with Crippen LogP contribution in [-0.4, -0.2) is 35.6 Å². The Morgan fingerprint density at radius 3 is 3.16 bits per heavy atom. The van der Waals surface area contributed by atoms with Gasteiger partial charge >= 0.3 is 0 Å². The third-order valence-electron chi connectivity index (χ3n) is 5.16. The number of nitrogens with zero attached hydrogens (tertiary/aromatic N) is 2. The SMILES string of the molecule is NC1=CC(CN2CCCC(Nc3cccc4cnccc34)C2)=CCC1. The fraction of sp³-hybridized carbons (Fsp3) is 0.381. The molecule has 0 saturated carbocycles. The molecule has 4 rings (SSSR count). The van der Waals surface area contributed by atoms with Gasteiger partial charge in [0.1, 0.15) is 0 Å². The predicted octanol–water partition coefficient (Wildman–Crippen LogP) is 3.67. The van der Waals surface area contributed by atoms with Crippen LogP contribution in [-0.2, 0) is 0 Å². The smallest absolute Gasteiger partial charge is 0.0423 e. The second-order valence-corrected chi connectivity index (χ2v) is 7.16. The van der Waals surface area contributed by atoms with Crippen LogP contribution < -0.4 is 11.1 Å². The van der Waals surface area contributed by atoms with Crippen molar-refractivity contribution in [3.8, 4) is 0 Å². The summed E-state index contributed by atoms with van der Waals surface area (Å²) in [6.07, 6.45) is 12.8. The fourth-order valence-electron chi connectivity index (χ4n) is 3.95. The van der Waals surface area contributed by atoms with Crippen molar-refractivity contribution in [1.82, 2.24) is 9.88 Å². The van der Waals surface area contributed by atoms with Crippen molar-refractivity contribution in [2.45, 2.75) is 31.7 Å². The molecule has 2 heterocycles. The molecular formula is C21H26N4. The molecule has 0 radical (unpaired) electrons. The lowest BCUT2D eigenvalue weighted by Gasteiger charge is -2.34. The van der Waals surface area contributed by atoms with Gasteiger partial charge in [-0.05, 0) is 56.0 Å². The zero-order chi connectivity index (χ0) is 17.1. The Kier molecular flexibility index (Phi) is 4.70. The molecule has 1 aliphatic carbocycles. The first-order valence-electron chi connectivity index (χ1n) is 9.25. The number of anilines is 1. The summed E-state index contributed by atoms with van der Waals surface area (Å²) in [5, 5.41) is 6.21. The number of fused-ring (bicyclic) bond motifs is 1. The van der Waals surface area contributed by atoms with Crippen LogP contribution in [0.25, 0.3) is 10.8 Å². The molecule has 4 heteroatoms. The molecule has 0 spiro atoms. The maximum absolute atomic E-state index is 6.00. The summed E-state index contributed by atoms with van der Waals surface area (Å²) < 4.78 is 0. The van der Waals surface area contributed by atoms with Gasteiger partial charge in [0.2, 0.25) is 0 Å². The van der Waals surface area contributed by atoms with Crippen molar-refractivity contribution >= 4 is 16.5 Å². The van der Waals surface area contributed by atoms with E-state index in [1.54, 1.807) is 0 Å². The van der Waals surface area contributed by atoms with Gasteiger partial charge in [-0.1, -0.05) is 18.2 Å². The van der Waals surface area contributed by atoms with E-state index < -0.39 is 0 Å². The summed E-state index contributed by atoms with van der Waals surface area (Å²) >= 11 is 0. The van der Waals surface area contributed by atoms with Crippen molar-refractivity contribution in [2.24, 2.45) is 5.73 Å². The van der Waals surface area contributed by atoms with Crippen LogP contribution in [0, 0.1) is 0 Å². The van der Waals surface area contributed by atoms with Gasteiger partial charge < -0.3 is 11.1 Å². The maximum atomic E-state index is 6.00. The lowest BCUT2D eigenvalue weighted by atomic mass is 10.0. The molecule has 2 aromatic rings. The summed E-state index contributed by atoms with van der Waals surface area (Å²) in [7, 11) is 0. The average Bonchev–Trinajstić information content (AvgIpc) is 2.62. The number of hydrogen-bond donors (Lipinski definition) is 2. The molecule has 4 nitrogen and oxygen atoms in total. The molecule has 1 atom stereocenters. The van der Waals surface area contributed by atoms with E-state index in [4.69, 9.17) is 5.73 Å². The number of pyridine rings is 1. The van der Waals surface area contributed by atoms with Crippen molar-refractivity contribution in [1.29, 1.82) is 0 Å². The number of aromatic nitrogens is 1. The first kappa shape index (κ1) is 16.2. The Morgan fingerprint density at radius 2 is 2.24 bits per heavy atom. The van der Waals surface area contributed by atoms with E-state index in [-0.39, 0.29) is 0 Å². The van der Waals surface area contributed by atoms with Crippen LogP contribution >= 0.6 is 0 Å². The Balaban J connectivity index is 1.44. The molecule has 1 aromatic heterocycles. The van der Waals surface area contributed by atoms with Crippen LogP contribution in [0.2, 0.25) is 0 Å². The van der Waals surface area contributed by atoms with Gasteiger partial charge in [-0.3, -0.25) is 9.88 Å². The van der Waals surface area contributed by atoms with E-state index in [9.17, 15) is 0 Å². The first-order chi connectivity index (χ1) is 12.3. The van der Waals surface area contributed by atoms with E-state index in [1.807, 2.05) is 12.4 Å². The van der Waals surface area contributed by atoms with Gasteiger partial charge in [-0.25, -0.2) is 0 Å². The van der Waals surface area contributed by atoms with Crippen LogP contribution in [0.3, 0.4) is 0 Å². The van der Waals surface area contributed by atoms with Gasteiger partial charge in [0.15, 0.2) is 0 Å². The second-order valence-electron chi connectivity index (χ2n) is 7.16. The van der Waals surface area contributed by atoms with Crippen molar-refractivity contribution in [2.75, 3.05) is 25.0 Å². The Bertz CT molecular complexity index is 803. The second kappa shape index (κ2) is 7.28. The molecule has 0 bridgehead atoms.